The highest BCUT2D eigenvalue weighted by Gasteiger charge is 2.56. The Morgan fingerprint density at radius 2 is 1.48 bits per heavy atom. The zero-order chi connectivity index (χ0) is 45.6. The molecule has 64 heavy (non-hydrogen) atoms. The molecule has 0 radical (unpaired) electrons. The predicted molar refractivity (Wildman–Crippen MR) is 248 cm³/mol. The number of halogens is 1. The molecule has 0 aliphatic carbocycles. The van der Waals surface area contributed by atoms with Gasteiger partial charge < -0.3 is 29.1 Å². The number of nitrogens with zero attached hydrogens (tertiary/aromatic N) is 4. The molecular formula is C50H62FN5O7Si. The van der Waals surface area contributed by atoms with E-state index in [1.165, 1.54) is 62.3 Å². The summed E-state index contributed by atoms with van der Waals surface area (Å²) in [6.45, 7) is 8.34. The van der Waals surface area contributed by atoms with E-state index in [2.05, 4.69) is 72.8 Å². The lowest BCUT2D eigenvalue weighted by Gasteiger charge is -2.44. The van der Waals surface area contributed by atoms with E-state index < -0.39 is 43.5 Å². The summed E-state index contributed by atoms with van der Waals surface area (Å²) in [5.41, 5.74) is 5.24. The quantitative estimate of drug-likeness (QED) is 0.0177. The molecule has 2 N–H and O–H groups in total. The maximum atomic E-state index is 14.5. The van der Waals surface area contributed by atoms with Crippen molar-refractivity contribution in [2.24, 2.45) is 0 Å². The molecule has 1 aliphatic heterocycles. The standard InChI is InChI=1S/C50H62FN5O7Si/c1-6-8-9-10-11-12-13-14-15-16-23-28-43(57)61-38-31-29-37(30-32-38)34-59-48(58)62-41-33-42(56-36-53-44-45(52)54-47(51)55-46(44)56)63-50(41,7-2)35-60-64(49(3,4)5,39-24-19-17-20-25-39)40-26-21-18-22-27-40/h2,17-22,24-27,29-32,36,41-42H,6,8-16,23,28,33-35H2,1,3-5H3,(H2,52,54,55)/t41-,42+,50+/m0/s1. The average Bonchev–Trinajstić information content (AvgIpc) is 3.87. The molecule has 2 aromatic heterocycles. The second-order valence-corrected chi connectivity index (χ2v) is 21.9. The van der Waals surface area contributed by atoms with E-state index in [9.17, 15) is 14.0 Å². The van der Waals surface area contributed by atoms with Gasteiger partial charge in [0.1, 0.15) is 18.6 Å². The van der Waals surface area contributed by atoms with E-state index in [1.807, 2.05) is 36.4 Å². The molecule has 14 heteroatoms. The maximum absolute atomic E-state index is 14.5. The summed E-state index contributed by atoms with van der Waals surface area (Å²) in [6, 6.07) is 26.8. The molecule has 1 fully saturated rings. The molecule has 3 aromatic carbocycles. The number of esters is 1. The molecule has 0 amide bonds. The summed E-state index contributed by atoms with van der Waals surface area (Å²) < 4.78 is 47.1. The topological polar surface area (TPSA) is 150 Å². The highest BCUT2D eigenvalue weighted by atomic mass is 28.4. The number of ether oxygens (including phenoxy) is 4. The number of aromatic nitrogens is 4. The van der Waals surface area contributed by atoms with Gasteiger partial charge in [-0.25, -0.2) is 9.78 Å². The van der Waals surface area contributed by atoms with E-state index in [0.29, 0.717) is 17.7 Å². The van der Waals surface area contributed by atoms with Crippen LogP contribution in [0.5, 0.6) is 5.75 Å². The van der Waals surface area contributed by atoms with Crippen LogP contribution in [0.1, 0.15) is 123 Å². The fourth-order valence-corrected chi connectivity index (χ4v) is 13.1. The highest BCUT2D eigenvalue weighted by molar-refractivity contribution is 6.99. The van der Waals surface area contributed by atoms with Crippen molar-refractivity contribution in [3.8, 4) is 18.1 Å². The number of fused-ring (bicyclic) bond motifs is 1. The number of benzene rings is 3. The predicted octanol–water partition coefficient (Wildman–Crippen LogP) is 9.74. The Morgan fingerprint density at radius 1 is 0.891 bits per heavy atom. The van der Waals surface area contributed by atoms with Crippen molar-refractivity contribution in [1.29, 1.82) is 0 Å². The van der Waals surface area contributed by atoms with Gasteiger partial charge in [-0.3, -0.25) is 9.36 Å². The second kappa shape index (κ2) is 22.3. The summed E-state index contributed by atoms with van der Waals surface area (Å²) in [6.07, 6.45) is 17.4. The molecule has 1 saturated heterocycles. The Labute approximate surface area is 377 Å². The Balaban J connectivity index is 1.12. The lowest BCUT2D eigenvalue weighted by Crippen LogP contribution is -2.68. The van der Waals surface area contributed by atoms with E-state index in [1.54, 1.807) is 24.3 Å². The molecule has 1 aliphatic rings. The minimum absolute atomic E-state index is 0.0135. The fourth-order valence-electron chi connectivity index (χ4n) is 8.51. The number of carbonyl (C=O) groups is 2. The largest absolute Gasteiger partial charge is 0.509 e. The van der Waals surface area contributed by atoms with Gasteiger partial charge in [-0.05, 0) is 39.5 Å². The molecule has 0 unspecified atom stereocenters. The molecule has 340 valence electrons. The second-order valence-electron chi connectivity index (χ2n) is 17.5. The average molecular weight is 892 g/mol. The number of terminal acetylenes is 1. The Morgan fingerprint density at radius 3 is 2.06 bits per heavy atom. The zero-order valence-electron chi connectivity index (χ0n) is 37.6. The van der Waals surface area contributed by atoms with Crippen LogP contribution in [0.15, 0.2) is 91.3 Å². The molecule has 3 atom stereocenters. The van der Waals surface area contributed by atoms with Crippen LogP contribution < -0.4 is 20.8 Å². The summed E-state index contributed by atoms with van der Waals surface area (Å²) >= 11 is 0. The van der Waals surface area contributed by atoms with Gasteiger partial charge in [-0.1, -0.05) is 171 Å². The monoisotopic (exact) mass is 891 g/mol. The van der Waals surface area contributed by atoms with E-state index >= 15 is 0 Å². The number of rotatable bonds is 22. The molecule has 3 heterocycles. The number of carbonyl (C=O) groups excluding carboxylic acids is 2. The van der Waals surface area contributed by atoms with Crippen LogP contribution in [0.3, 0.4) is 0 Å². The Hall–Kier alpha value is -5.62. The summed E-state index contributed by atoms with van der Waals surface area (Å²) in [4.78, 5) is 37.9. The van der Waals surface area contributed by atoms with Crippen LogP contribution in [0.2, 0.25) is 5.04 Å². The molecule has 6 rings (SSSR count). The molecule has 0 saturated carbocycles. The van der Waals surface area contributed by atoms with E-state index in [-0.39, 0.29) is 42.6 Å². The summed E-state index contributed by atoms with van der Waals surface area (Å²) in [7, 11) is -3.17. The summed E-state index contributed by atoms with van der Waals surface area (Å²) in [5.74, 6) is 2.78. The van der Waals surface area contributed by atoms with Crippen LogP contribution >= 0.6 is 0 Å². The van der Waals surface area contributed by atoms with Gasteiger partial charge in [-0.15, -0.1) is 6.42 Å². The first-order valence-corrected chi connectivity index (χ1v) is 24.5. The first-order valence-electron chi connectivity index (χ1n) is 22.6. The van der Waals surface area contributed by atoms with E-state index in [0.717, 1.165) is 29.6 Å². The van der Waals surface area contributed by atoms with Gasteiger partial charge in [0.15, 0.2) is 28.7 Å². The van der Waals surface area contributed by atoms with Crippen LogP contribution in [0.4, 0.5) is 15.0 Å². The number of hydrogen-bond acceptors (Lipinski definition) is 11. The number of imidazole rings is 1. The van der Waals surface area contributed by atoms with Crippen molar-refractivity contribution in [2.75, 3.05) is 12.3 Å². The van der Waals surface area contributed by atoms with Crippen LogP contribution in [-0.2, 0) is 30.0 Å². The third-order valence-electron chi connectivity index (χ3n) is 11.9. The van der Waals surface area contributed by atoms with Crippen molar-refractivity contribution in [1.82, 2.24) is 19.5 Å². The molecule has 0 bridgehead atoms. The minimum Gasteiger partial charge on any atom is -0.429 e. The third-order valence-corrected chi connectivity index (χ3v) is 16.9. The highest BCUT2D eigenvalue weighted by Crippen LogP contribution is 2.43. The van der Waals surface area contributed by atoms with Gasteiger partial charge in [0.2, 0.25) is 0 Å². The van der Waals surface area contributed by atoms with Gasteiger partial charge >= 0.3 is 18.2 Å². The van der Waals surface area contributed by atoms with Gasteiger partial charge in [0, 0.05) is 12.8 Å². The number of anilines is 1. The number of nitrogen functional groups attached to an aromatic ring is 1. The number of unbranched alkanes of at least 4 members (excludes halogenated alkanes) is 10. The third kappa shape index (κ3) is 11.7. The van der Waals surface area contributed by atoms with Crippen LogP contribution in [0.25, 0.3) is 11.2 Å². The first-order chi connectivity index (χ1) is 30.9. The van der Waals surface area contributed by atoms with E-state index in [4.69, 9.17) is 35.5 Å². The van der Waals surface area contributed by atoms with Crippen molar-refractivity contribution in [3.63, 3.8) is 0 Å². The Kier molecular flexibility index (Phi) is 16.7. The Bertz CT molecular complexity index is 2280. The van der Waals surface area contributed by atoms with Crippen molar-refractivity contribution in [3.05, 3.63) is 103 Å². The molecule has 0 spiro atoms. The first kappa shape index (κ1) is 47.8. The smallest absolute Gasteiger partial charge is 0.429 e. The number of nitrogens with two attached hydrogens (primary N) is 1. The zero-order valence-corrected chi connectivity index (χ0v) is 38.6. The maximum Gasteiger partial charge on any atom is 0.509 e. The molecule has 5 aromatic rings. The fraction of sp³-hybridized carbons (Fsp3) is 0.460. The SMILES string of the molecule is C#C[C@]1(CO[Si](c2ccccc2)(c2ccccc2)C(C)(C)C)O[C@@H](n2cnc3c(N)nc(F)nc32)C[C@@H]1OC(=O)OCc1ccc(OC(=O)CCCCCCCCCCCCC)cc1. The van der Waals surface area contributed by atoms with Gasteiger partial charge in [0.25, 0.3) is 8.32 Å². The van der Waals surface area contributed by atoms with Gasteiger partial charge in [0.05, 0.1) is 12.9 Å². The van der Waals surface area contributed by atoms with Crippen LogP contribution in [0, 0.1) is 18.4 Å². The van der Waals surface area contributed by atoms with Crippen molar-refractivity contribution >= 4 is 47.8 Å². The van der Waals surface area contributed by atoms with Crippen molar-refractivity contribution < 1.29 is 37.4 Å². The van der Waals surface area contributed by atoms with Gasteiger partial charge in [-0.2, -0.15) is 14.4 Å². The number of hydrogen-bond donors (Lipinski definition) is 1. The van der Waals surface area contributed by atoms with Crippen molar-refractivity contribution in [2.45, 2.75) is 141 Å². The molecular weight excluding hydrogens is 830 g/mol. The minimum atomic E-state index is -3.17. The summed E-state index contributed by atoms with van der Waals surface area (Å²) in [5, 5.41) is 1.62. The normalized spacial score (nSPS) is 17.6. The lowest BCUT2D eigenvalue weighted by atomic mass is 9.99. The molecule has 12 nitrogen and oxygen atoms in total. The lowest BCUT2D eigenvalue weighted by molar-refractivity contribution is -0.134. The van der Waals surface area contributed by atoms with Crippen LogP contribution in [-0.4, -0.2) is 58.3 Å².